The van der Waals surface area contributed by atoms with Crippen molar-refractivity contribution in [1.29, 1.82) is 0 Å². The Labute approximate surface area is 167 Å². The maximum Gasteiger partial charge on any atom is 0.226 e. The molecule has 0 unspecified atom stereocenters. The van der Waals surface area contributed by atoms with Crippen LogP contribution in [0.4, 0.5) is 0 Å². The Kier molecular flexibility index (Phi) is 5.24. The number of rotatable bonds is 4. The van der Waals surface area contributed by atoms with E-state index in [9.17, 15) is 13.2 Å². The summed E-state index contributed by atoms with van der Waals surface area (Å²) in [5.74, 6) is 1.46. The maximum atomic E-state index is 12.7. The first-order valence-corrected chi connectivity index (χ1v) is 11.8. The van der Waals surface area contributed by atoms with Crippen LogP contribution in [0.1, 0.15) is 30.0 Å². The molecule has 0 saturated carbocycles. The van der Waals surface area contributed by atoms with Crippen molar-refractivity contribution in [3.8, 4) is 11.5 Å². The summed E-state index contributed by atoms with van der Waals surface area (Å²) in [7, 11) is -3.33. The molecule has 0 N–H and O–H groups in total. The molecule has 1 saturated heterocycles. The van der Waals surface area contributed by atoms with Gasteiger partial charge in [-0.15, -0.1) is 5.10 Å². The average molecular weight is 424 g/mol. The van der Waals surface area contributed by atoms with Gasteiger partial charge in [-0.3, -0.25) is 4.79 Å². The third kappa shape index (κ3) is 3.97. The van der Waals surface area contributed by atoms with E-state index in [1.54, 1.807) is 0 Å². The van der Waals surface area contributed by atoms with Crippen molar-refractivity contribution in [2.45, 2.75) is 29.4 Å². The van der Waals surface area contributed by atoms with Gasteiger partial charge < -0.3 is 14.4 Å². The van der Waals surface area contributed by atoms with Gasteiger partial charge >= 0.3 is 0 Å². The molecular formula is C18H21N3O5S2. The zero-order valence-corrected chi connectivity index (χ0v) is 17.1. The lowest BCUT2D eigenvalue weighted by atomic mass is 9.94. The Balaban J connectivity index is 1.38. The van der Waals surface area contributed by atoms with E-state index in [0.29, 0.717) is 62.8 Å². The summed E-state index contributed by atoms with van der Waals surface area (Å²) in [6.07, 6.45) is 2.84. The quantitative estimate of drug-likeness (QED) is 0.737. The number of aromatic nitrogens is 2. The average Bonchev–Trinajstić information content (AvgIpc) is 3.18. The summed E-state index contributed by atoms with van der Waals surface area (Å²) in [5, 5.41) is 4.05. The number of carbonyl (C=O) groups is 1. The summed E-state index contributed by atoms with van der Waals surface area (Å²) in [5.41, 5.74) is 1.44. The number of sulfone groups is 1. The highest BCUT2D eigenvalue weighted by Gasteiger charge is 2.30. The highest BCUT2D eigenvalue weighted by Crippen LogP contribution is 2.33. The lowest BCUT2D eigenvalue weighted by Crippen LogP contribution is -2.39. The zero-order chi connectivity index (χ0) is 19.7. The fourth-order valence-corrected chi connectivity index (χ4v) is 5.31. The Morgan fingerprint density at radius 3 is 2.64 bits per heavy atom. The number of carbonyl (C=O) groups excluding carboxylic acids is 1. The Morgan fingerprint density at radius 2 is 1.93 bits per heavy atom. The second-order valence-electron chi connectivity index (χ2n) is 7.03. The fraction of sp³-hybridized carbons (Fsp3) is 0.500. The van der Waals surface area contributed by atoms with E-state index < -0.39 is 9.84 Å². The Morgan fingerprint density at radius 1 is 1.21 bits per heavy atom. The van der Waals surface area contributed by atoms with E-state index >= 15 is 0 Å². The van der Waals surface area contributed by atoms with Gasteiger partial charge in [0.15, 0.2) is 25.5 Å². The number of amides is 1. The van der Waals surface area contributed by atoms with Crippen LogP contribution in [-0.2, 0) is 21.1 Å². The minimum absolute atomic E-state index is 0.0156. The monoisotopic (exact) mass is 423 g/mol. The third-order valence-electron chi connectivity index (χ3n) is 5.01. The van der Waals surface area contributed by atoms with Gasteiger partial charge in [0.25, 0.3) is 0 Å². The number of ether oxygens (including phenoxy) is 2. The van der Waals surface area contributed by atoms with E-state index in [4.69, 9.17) is 9.47 Å². The number of likely N-dealkylation sites (tertiary alicyclic amines) is 1. The van der Waals surface area contributed by atoms with Crippen molar-refractivity contribution >= 4 is 27.3 Å². The normalized spacial score (nSPS) is 17.5. The second-order valence-corrected chi connectivity index (χ2v) is 9.99. The molecule has 0 spiro atoms. The van der Waals surface area contributed by atoms with Crippen LogP contribution in [0.2, 0.25) is 0 Å². The molecule has 150 valence electrons. The van der Waals surface area contributed by atoms with Gasteiger partial charge in [-0.2, -0.15) is 0 Å². The van der Waals surface area contributed by atoms with Crippen LogP contribution in [0.15, 0.2) is 22.4 Å². The molecule has 8 nitrogen and oxygen atoms in total. The molecule has 2 aliphatic rings. The van der Waals surface area contributed by atoms with Crippen molar-refractivity contribution in [3.05, 3.63) is 29.5 Å². The summed E-state index contributed by atoms with van der Waals surface area (Å²) >= 11 is 0.919. The number of hydrogen-bond acceptors (Lipinski definition) is 8. The lowest BCUT2D eigenvalue weighted by molar-refractivity contribution is -0.131. The molecule has 10 heteroatoms. The maximum absolute atomic E-state index is 12.7. The molecule has 3 heterocycles. The molecule has 1 aromatic heterocycles. The predicted octanol–water partition coefficient (Wildman–Crippen LogP) is 1.66. The number of hydrogen-bond donors (Lipinski definition) is 0. The van der Waals surface area contributed by atoms with Crippen LogP contribution in [0.3, 0.4) is 0 Å². The van der Waals surface area contributed by atoms with E-state index in [0.717, 1.165) is 17.1 Å². The van der Waals surface area contributed by atoms with Crippen LogP contribution in [-0.4, -0.2) is 61.4 Å². The van der Waals surface area contributed by atoms with Gasteiger partial charge in [0.1, 0.15) is 13.2 Å². The molecule has 28 heavy (non-hydrogen) atoms. The summed E-state index contributed by atoms with van der Waals surface area (Å²) < 4.78 is 38.9. The number of piperidine rings is 1. The lowest BCUT2D eigenvalue weighted by Gasteiger charge is -2.31. The molecule has 0 aliphatic carbocycles. The topological polar surface area (TPSA) is 98.7 Å². The van der Waals surface area contributed by atoms with Gasteiger partial charge in [0.2, 0.25) is 5.91 Å². The zero-order valence-electron chi connectivity index (χ0n) is 15.5. The first-order chi connectivity index (χ1) is 13.4. The number of benzene rings is 1. The minimum atomic E-state index is -3.33. The van der Waals surface area contributed by atoms with Gasteiger partial charge in [-0.05, 0) is 30.5 Å². The van der Waals surface area contributed by atoms with Crippen molar-refractivity contribution < 1.29 is 22.7 Å². The smallest absolute Gasteiger partial charge is 0.226 e. The Bertz CT molecular complexity index is 981. The van der Waals surface area contributed by atoms with Crippen molar-refractivity contribution in [1.82, 2.24) is 14.5 Å². The fourth-order valence-electron chi connectivity index (χ4n) is 3.58. The van der Waals surface area contributed by atoms with Crippen LogP contribution in [0.5, 0.6) is 11.5 Å². The van der Waals surface area contributed by atoms with Crippen LogP contribution < -0.4 is 9.47 Å². The largest absolute Gasteiger partial charge is 0.486 e. The molecule has 0 atom stereocenters. The van der Waals surface area contributed by atoms with E-state index in [-0.39, 0.29) is 16.0 Å². The highest BCUT2D eigenvalue weighted by molar-refractivity contribution is 7.92. The van der Waals surface area contributed by atoms with Gasteiger partial charge in [-0.1, -0.05) is 10.6 Å². The minimum Gasteiger partial charge on any atom is -0.486 e. The highest BCUT2D eigenvalue weighted by atomic mass is 32.2. The van der Waals surface area contributed by atoms with Crippen LogP contribution >= 0.6 is 11.5 Å². The van der Waals surface area contributed by atoms with Gasteiger partial charge in [0.05, 0.1) is 12.1 Å². The first kappa shape index (κ1) is 19.1. The SMILES string of the molecule is CS(=O)(=O)c1snnc1C1CCN(C(=O)Cc2ccc3c(c2)OCCO3)CC1. The predicted molar refractivity (Wildman–Crippen MR) is 103 cm³/mol. The van der Waals surface area contributed by atoms with Crippen LogP contribution in [0, 0.1) is 0 Å². The van der Waals surface area contributed by atoms with Crippen molar-refractivity contribution in [2.24, 2.45) is 0 Å². The van der Waals surface area contributed by atoms with Crippen molar-refractivity contribution in [2.75, 3.05) is 32.6 Å². The molecular weight excluding hydrogens is 402 g/mol. The first-order valence-electron chi connectivity index (χ1n) is 9.10. The molecule has 2 aliphatic heterocycles. The van der Waals surface area contributed by atoms with Crippen LogP contribution in [0.25, 0.3) is 0 Å². The van der Waals surface area contributed by atoms with E-state index in [2.05, 4.69) is 9.59 Å². The summed E-state index contributed by atoms with van der Waals surface area (Å²) in [6.45, 7) is 2.21. The second kappa shape index (κ2) is 7.67. The summed E-state index contributed by atoms with van der Waals surface area (Å²) in [4.78, 5) is 14.5. The standard InChI is InChI=1S/C18H21N3O5S2/c1-28(23,24)18-17(19-20-27-18)13-4-6-21(7-5-13)16(22)11-12-2-3-14-15(10-12)26-9-8-25-14/h2-3,10,13H,4-9,11H2,1H3. The third-order valence-corrected chi connectivity index (χ3v) is 7.57. The molecule has 1 aromatic carbocycles. The Hall–Kier alpha value is -2.20. The molecule has 2 aromatic rings. The molecule has 4 rings (SSSR count). The molecule has 0 bridgehead atoms. The van der Waals surface area contributed by atoms with E-state index in [1.165, 1.54) is 6.26 Å². The van der Waals surface area contributed by atoms with Gasteiger partial charge in [-0.25, -0.2) is 8.42 Å². The molecule has 0 radical (unpaired) electrons. The van der Waals surface area contributed by atoms with Crippen molar-refractivity contribution in [3.63, 3.8) is 0 Å². The number of fused-ring (bicyclic) bond motifs is 1. The van der Waals surface area contributed by atoms with Gasteiger partial charge in [0, 0.05) is 36.8 Å². The number of nitrogens with zero attached hydrogens (tertiary/aromatic N) is 3. The molecule has 1 amide bonds. The molecule has 1 fully saturated rings. The summed E-state index contributed by atoms with van der Waals surface area (Å²) in [6, 6.07) is 5.58. The van der Waals surface area contributed by atoms with E-state index in [1.807, 2.05) is 23.1 Å².